The zero-order valence-electron chi connectivity index (χ0n) is 15.1. The summed E-state index contributed by atoms with van der Waals surface area (Å²) in [6.45, 7) is 0. The van der Waals surface area contributed by atoms with Crippen LogP contribution in [0.15, 0.2) is 89.1 Å². The van der Waals surface area contributed by atoms with E-state index in [4.69, 9.17) is 10.5 Å². The van der Waals surface area contributed by atoms with Crippen LogP contribution < -0.4 is 10.5 Å². The van der Waals surface area contributed by atoms with Crippen LogP contribution in [0.3, 0.4) is 0 Å². The molecule has 0 atom stereocenters. The van der Waals surface area contributed by atoms with Gasteiger partial charge in [-0.1, -0.05) is 72.4 Å². The lowest BCUT2D eigenvalue weighted by Crippen LogP contribution is -2.05. The molecule has 0 aliphatic rings. The van der Waals surface area contributed by atoms with E-state index in [1.54, 1.807) is 13.3 Å². The minimum atomic E-state index is 0.446. The number of methoxy groups -OCH3 is 1. The Labute approximate surface area is 163 Å². The van der Waals surface area contributed by atoms with Crippen LogP contribution in [0.25, 0.3) is 11.1 Å². The standard InChI is InChI=1S/C22H21N3OS/c1-26-21-12-10-19(11-13-21)20-9-5-8-18(14-20)15-24-25-22(23)27-16-17-6-3-2-4-7-17/h2-15H,16H2,1H3,(H2,23,25). The Morgan fingerprint density at radius 3 is 2.48 bits per heavy atom. The maximum absolute atomic E-state index is 5.92. The lowest BCUT2D eigenvalue weighted by molar-refractivity contribution is 0.415. The van der Waals surface area contributed by atoms with E-state index in [2.05, 4.69) is 34.5 Å². The second kappa shape index (κ2) is 9.59. The van der Waals surface area contributed by atoms with E-state index in [0.29, 0.717) is 5.17 Å². The Kier molecular flexibility index (Phi) is 6.66. The maximum atomic E-state index is 5.92. The third kappa shape index (κ3) is 5.72. The smallest absolute Gasteiger partial charge is 0.180 e. The molecule has 0 heterocycles. The SMILES string of the molecule is COc1ccc(-c2cccc(C=NN=C(N)SCc3ccccc3)c2)cc1. The summed E-state index contributed by atoms with van der Waals surface area (Å²) in [5, 5.41) is 8.63. The van der Waals surface area contributed by atoms with Gasteiger partial charge in [-0.05, 0) is 40.5 Å². The van der Waals surface area contributed by atoms with Crippen molar-refractivity contribution < 1.29 is 4.74 Å². The Bertz CT molecular complexity index is 922. The average molecular weight is 375 g/mol. The minimum absolute atomic E-state index is 0.446. The highest BCUT2D eigenvalue weighted by molar-refractivity contribution is 8.13. The molecule has 0 saturated heterocycles. The monoisotopic (exact) mass is 375 g/mol. The Hall–Kier alpha value is -3.05. The molecule has 136 valence electrons. The van der Waals surface area contributed by atoms with Crippen LogP contribution in [0.2, 0.25) is 0 Å². The molecule has 0 unspecified atom stereocenters. The summed E-state index contributed by atoms with van der Waals surface area (Å²) >= 11 is 1.47. The fourth-order valence-electron chi connectivity index (χ4n) is 2.49. The van der Waals surface area contributed by atoms with Crippen LogP contribution in [-0.4, -0.2) is 18.5 Å². The molecule has 3 aromatic carbocycles. The molecule has 4 nitrogen and oxygen atoms in total. The molecule has 27 heavy (non-hydrogen) atoms. The van der Waals surface area contributed by atoms with Crippen LogP contribution in [0.1, 0.15) is 11.1 Å². The number of nitrogens with two attached hydrogens (primary N) is 1. The van der Waals surface area contributed by atoms with Crippen molar-refractivity contribution in [2.45, 2.75) is 5.75 Å². The summed E-state index contributed by atoms with van der Waals surface area (Å²) in [6.07, 6.45) is 1.71. The van der Waals surface area contributed by atoms with Gasteiger partial charge in [0.1, 0.15) is 5.75 Å². The molecular formula is C22H21N3OS. The van der Waals surface area contributed by atoms with Gasteiger partial charge in [0.2, 0.25) is 0 Å². The highest BCUT2D eigenvalue weighted by Gasteiger charge is 2.00. The average Bonchev–Trinajstić information content (AvgIpc) is 2.73. The zero-order chi connectivity index (χ0) is 18.9. The van der Waals surface area contributed by atoms with Crippen molar-refractivity contribution in [3.05, 3.63) is 90.0 Å². The second-order valence-corrected chi connectivity index (χ2v) is 6.81. The summed E-state index contributed by atoms with van der Waals surface area (Å²) < 4.78 is 5.20. The number of thioether (sulfide) groups is 1. The zero-order valence-corrected chi connectivity index (χ0v) is 15.9. The van der Waals surface area contributed by atoms with E-state index in [-0.39, 0.29) is 0 Å². The first kappa shape index (κ1) is 18.7. The normalized spacial score (nSPS) is 11.7. The lowest BCUT2D eigenvalue weighted by atomic mass is 10.0. The summed E-state index contributed by atoms with van der Waals surface area (Å²) in [7, 11) is 1.66. The van der Waals surface area contributed by atoms with Crippen molar-refractivity contribution >= 4 is 23.1 Å². The Balaban J connectivity index is 1.62. The first-order valence-electron chi connectivity index (χ1n) is 8.52. The molecule has 0 aliphatic carbocycles. The van der Waals surface area contributed by atoms with Crippen molar-refractivity contribution in [3.63, 3.8) is 0 Å². The molecule has 2 N–H and O–H groups in total. The predicted molar refractivity (Wildman–Crippen MR) is 115 cm³/mol. The van der Waals surface area contributed by atoms with Gasteiger partial charge >= 0.3 is 0 Å². The highest BCUT2D eigenvalue weighted by atomic mass is 32.2. The predicted octanol–water partition coefficient (Wildman–Crippen LogP) is 4.94. The van der Waals surface area contributed by atoms with E-state index in [1.807, 2.05) is 54.6 Å². The van der Waals surface area contributed by atoms with E-state index in [0.717, 1.165) is 28.2 Å². The van der Waals surface area contributed by atoms with Crippen molar-refractivity contribution in [1.29, 1.82) is 0 Å². The van der Waals surface area contributed by atoms with E-state index in [1.165, 1.54) is 17.3 Å². The first-order valence-corrected chi connectivity index (χ1v) is 9.51. The number of ether oxygens (including phenoxy) is 1. The fourth-order valence-corrected chi connectivity index (χ4v) is 3.11. The van der Waals surface area contributed by atoms with Gasteiger partial charge in [0.15, 0.2) is 5.17 Å². The number of rotatable bonds is 6. The molecule has 0 spiro atoms. The van der Waals surface area contributed by atoms with Gasteiger partial charge in [-0.2, -0.15) is 5.10 Å². The van der Waals surface area contributed by atoms with E-state index >= 15 is 0 Å². The Morgan fingerprint density at radius 1 is 0.963 bits per heavy atom. The summed E-state index contributed by atoms with van der Waals surface area (Å²) in [5.41, 5.74) is 10.3. The summed E-state index contributed by atoms with van der Waals surface area (Å²) in [6, 6.07) is 26.2. The van der Waals surface area contributed by atoms with Crippen molar-refractivity contribution in [3.8, 4) is 16.9 Å². The summed E-state index contributed by atoms with van der Waals surface area (Å²) in [4.78, 5) is 0. The van der Waals surface area contributed by atoms with Crippen molar-refractivity contribution in [2.24, 2.45) is 15.9 Å². The molecule has 0 aliphatic heterocycles. The van der Waals surface area contributed by atoms with Crippen molar-refractivity contribution in [1.82, 2.24) is 0 Å². The van der Waals surface area contributed by atoms with Gasteiger partial charge in [-0.25, -0.2) is 0 Å². The van der Waals surface area contributed by atoms with Crippen molar-refractivity contribution in [2.75, 3.05) is 7.11 Å². The topological polar surface area (TPSA) is 60.0 Å². The molecule has 0 fully saturated rings. The van der Waals surface area contributed by atoms with Gasteiger partial charge < -0.3 is 10.5 Å². The molecule has 0 bridgehead atoms. The number of hydrogen-bond acceptors (Lipinski definition) is 4. The van der Waals surface area contributed by atoms with Gasteiger partial charge in [-0.3, -0.25) is 0 Å². The third-order valence-electron chi connectivity index (χ3n) is 3.90. The molecule has 0 radical (unpaired) electrons. The summed E-state index contributed by atoms with van der Waals surface area (Å²) in [5.74, 6) is 1.62. The van der Waals surface area contributed by atoms with E-state index < -0.39 is 0 Å². The van der Waals surface area contributed by atoms with Crippen LogP contribution in [0, 0.1) is 0 Å². The number of hydrogen-bond donors (Lipinski definition) is 1. The molecule has 5 heteroatoms. The van der Waals surface area contributed by atoms with Gasteiger partial charge in [0.05, 0.1) is 13.3 Å². The molecular weight excluding hydrogens is 354 g/mol. The van der Waals surface area contributed by atoms with Gasteiger partial charge in [0, 0.05) is 5.75 Å². The molecule has 0 saturated carbocycles. The number of nitrogens with zero attached hydrogens (tertiary/aromatic N) is 2. The number of amidine groups is 1. The first-order chi connectivity index (χ1) is 13.2. The van der Waals surface area contributed by atoms with E-state index in [9.17, 15) is 0 Å². The quantitative estimate of drug-likeness (QED) is 0.377. The molecule has 3 rings (SSSR count). The van der Waals surface area contributed by atoms with Crippen LogP contribution in [0.5, 0.6) is 5.75 Å². The minimum Gasteiger partial charge on any atom is -0.497 e. The van der Waals surface area contributed by atoms with Crippen LogP contribution in [-0.2, 0) is 5.75 Å². The fraction of sp³-hybridized carbons (Fsp3) is 0.0909. The third-order valence-corrected chi connectivity index (χ3v) is 4.76. The van der Waals surface area contributed by atoms with Crippen LogP contribution >= 0.6 is 11.8 Å². The number of benzene rings is 3. The molecule has 0 amide bonds. The Morgan fingerprint density at radius 2 is 1.74 bits per heavy atom. The molecule has 0 aromatic heterocycles. The van der Waals surface area contributed by atoms with Gasteiger partial charge in [0.25, 0.3) is 0 Å². The maximum Gasteiger partial charge on any atom is 0.180 e. The molecule has 3 aromatic rings. The largest absolute Gasteiger partial charge is 0.497 e. The van der Waals surface area contributed by atoms with Gasteiger partial charge in [-0.15, -0.1) is 5.10 Å². The lowest BCUT2D eigenvalue weighted by Gasteiger charge is -2.04. The highest BCUT2D eigenvalue weighted by Crippen LogP contribution is 2.22. The van der Waals surface area contributed by atoms with Crippen LogP contribution in [0.4, 0.5) is 0 Å². The second-order valence-electron chi connectivity index (χ2n) is 5.81.